The smallest absolute Gasteiger partial charge is 0.354 e. The molecule has 0 saturated carbocycles. The minimum absolute atomic E-state index is 0.102. The Kier molecular flexibility index (Phi) is 6.71. The van der Waals surface area contributed by atoms with Crippen LogP contribution in [0.4, 0.5) is 23.0 Å². The van der Waals surface area contributed by atoms with E-state index in [-0.39, 0.29) is 24.0 Å². The van der Waals surface area contributed by atoms with Crippen LogP contribution in [0.3, 0.4) is 0 Å². The quantitative estimate of drug-likeness (QED) is 0.231. The summed E-state index contributed by atoms with van der Waals surface area (Å²) in [6, 6.07) is 17.8. The first-order chi connectivity index (χ1) is 20.2. The van der Waals surface area contributed by atoms with Crippen LogP contribution < -0.4 is 33.9 Å². The van der Waals surface area contributed by atoms with Gasteiger partial charge in [0.05, 0.1) is 23.5 Å². The summed E-state index contributed by atoms with van der Waals surface area (Å²) in [5.41, 5.74) is 22.6. The van der Waals surface area contributed by atoms with Crippen LogP contribution in [-0.2, 0) is 24.1 Å². The van der Waals surface area contributed by atoms with Crippen molar-refractivity contribution in [3.8, 4) is 22.6 Å². The molecule has 5 aromatic rings. The fourth-order valence-corrected chi connectivity index (χ4v) is 5.11. The van der Waals surface area contributed by atoms with Gasteiger partial charge in [-0.05, 0) is 78.9 Å². The summed E-state index contributed by atoms with van der Waals surface area (Å²) in [6.07, 6.45) is 5.92. The Labute approximate surface area is 239 Å². The third-order valence-electron chi connectivity index (χ3n) is 7.07. The molecule has 12 nitrogen and oxygen atoms in total. The van der Waals surface area contributed by atoms with E-state index in [1.807, 2.05) is 42.5 Å². The van der Waals surface area contributed by atoms with Gasteiger partial charge in [-0.15, -0.1) is 0 Å². The Morgan fingerprint density at radius 1 is 0.810 bits per heavy atom. The zero-order valence-corrected chi connectivity index (χ0v) is 22.4. The van der Waals surface area contributed by atoms with Gasteiger partial charge < -0.3 is 22.5 Å². The highest BCUT2D eigenvalue weighted by molar-refractivity contribution is 5.77. The van der Waals surface area contributed by atoms with Crippen molar-refractivity contribution in [3.63, 3.8) is 0 Å². The number of primary amides is 1. The number of anilines is 4. The molecule has 0 radical (unpaired) electrons. The number of fused-ring (bicyclic) bond motifs is 1. The third kappa shape index (κ3) is 5.32. The number of nitrogen functional groups attached to an aromatic ring is 2. The summed E-state index contributed by atoms with van der Waals surface area (Å²) >= 11 is 0. The van der Waals surface area contributed by atoms with Crippen molar-refractivity contribution in [3.05, 3.63) is 111 Å². The van der Waals surface area contributed by atoms with E-state index in [9.17, 15) is 14.4 Å². The number of benzene rings is 2. The second-order valence-corrected chi connectivity index (χ2v) is 10.0. The Balaban J connectivity index is 1.48. The van der Waals surface area contributed by atoms with E-state index >= 15 is 0 Å². The molecule has 6 rings (SSSR count). The van der Waals surface area contributed by atoms with Crippen LogP contribution in [0.2, 0.25) is 0 Å². The van der Waals surface area contributed by atoms with Gasteiger partial charge in [-0.2, -0.15) is 9.97 Å². The van der Waals surface area contributed by atoms with Crippen LogP contribution in [0.1, 0.15) is 23.2 Å². The number of carbonyl (C=O) groups is 1. The molecule has 1 aliphatic rings. The van der Waals surface area contributed by atoms with Crippen molar-refractivity contribution < 1.29 is 4.79 Å². The van der Waals surface area contributed by atoms with E-state index in [0.717, 1.165) is 47.5 Å². The van der Waals surface area contributed by atoms with Crippen LogP contribution in [0.15, 0.2) is 82.6 Å². The van der Waals surface area contributed by atoms with Crippen molar-refractivity contribution in [2.24, 2.45) is 5.73 Å². The summed E-state index contributed by atoms with van der Waals surface area (Å²) in [4.78, 5) is 49.5. The van der Waals surface area contributed by atoms with E-state index in [0.29, 0.717) is 22.6 Å². The maximum atomic E-state index is 12.8. The van der Waals surface area contributed by atoms with Gasteiger partial charge in [-0.25, -0.2) is 9.59 Å². The van der Waals surface area contributed by atoms with E-state index in [1.165, 1.54) is 33.7 Å². The Hall–Kier alpha value is -5.78. The van der Waals surface area contributed by atoms with E-state index in [2.05, 4.69) is 15.3 Å². The molecule has 0 unspecified atom stereocenters. The maximum Gasteiger partial charge on any atom is 0.354 e. The van der Waals surface area contributed by atoms with Gasteiger partial charge in [0.2, 0.25) is 5.91 Å². The molecule has 2 aromatic carbocycles. The number of aryl methyl sites for hydroxylation is 1. The van der Waals surface area contributed by atoms with E-state index in [1.54, 1.807) is 6.07 Å². The number of carbonyl (C=O) groups excluding carboxylic acids is 1. The average molecular weight is 562 g/mol. The first-order valence-corrected chi connectivity index (χ1v) is 13.3. The highest BCUT2D eigenvalue weighted by Gasteiger charge is 2.20. The lowest BCUT2D eigenvalue weighted by Gasteiger charge is -2.16. The normalized spacial score (nSPS) is 12.2. The van der Waals surface area contributed by atoms with E-state index in [4.69, 9.17) is 22.2 Å². The minimum atomic E-state index is -0.565. The van der Waals surface area contributed by atoms with Crippen molar-refractivity contribution in [2.75, 3.05) is 16.8 Å². The van der Waals surface area contributed by atoms with Crippen LogP contribution >= 0.6 is 0 Å². The van der Waals surface area contributed by atoms with Crippen LogP contribution in [-0.4, -0.2) is 30.0 Å². The summed E-state index contributed by atoms with van der Waals surface area (Å²) < 4.78 is 2.69. The fourth-order valence-electron chi connectivity index (χ4n) is 5.11. The highest BCUT2D eigenvalue weighted by Crippen LogP contribution is 2.35. The van der Waals surface area contributed by atoms with Gasteiger partial charge in [0.25, 0.3) is 0 Å². The molecule has 0 saturated heterocycles. The minimum Gasteiger partial charge on any atom is -0.383 e. The second kappa shape index (κ2) is 10.7. The van der Waals surface area contributed by atoms with Crippen molar-refractivity contribution in [1.82, 2.24) is 24.1 Å². The lowest BCUT2D eigenvalue weighted by atomic mass is 10.0. The topological polar surface area (TPSA) is 190 Å². The number of nitrogens with two attached hydrogens (primary N) is 3. The molecule has 42 heavy (non-hydrogen) atoms. The van der Waals surface area contributed by atoms with Crippen LogP contribution in [0, 0.1) is 0 Å². The molecular formula is C30H27N9O3. The van der Waals surface area contributed by atoms with Crippen LogP contribution in [0.25, 0.3) is 22.6 Å². The zero-order chi connectivity index (χ0) is 29.4. The number of rotatable bonds is 7. The molecule has 7 N–H and O–H groups in total. The number of hydrogen-bond acceptors (Lipinski definition) is 9. The van der Waals surface area contributed by atoms with Gasteiger partial charge in [-0.1, -0.05) is 12.1 Å². The molecule has 12 heteroatoms. The van der Waals surface area contributed by atoms with Crippen LogP contribution in [0.5, 0.6) is 0 Å². The highest BCUT2D eigenvalue weighted by atomic mass is 16.2. The van der Waals surface area contributed by atoms with Crippen molar-refractivity contribution in [2.45, 2.75) is 25.7 Å². The van der Waals surface area contributed by atoms with Gasteiger partial charge >= 0.3 is 11.4 Å². The number of nitrogens with zero attached hydrogens (tertiary/aromatic N) is 5. The molecule has 0 aliphatic heterocycles. The Morgan fingerprint density at radius 2 is 1.43 bits per heavy atom. The number of aromatic nitrogens is 5. The predicted octanol–water partition coefficient (Wildman–Crippen LogP) is 2.26. The molecule has 0 fully saturated rings. The first-order valence-electron chi connectivity index (χ1n) is 13.3. The molecule has 3 heterocycles. The summed E-state index contributed by atoms with van der Waals surface area (Å²) in [7, 11) is 0. The van der Waals surface area contributed by atoms with E-state index < -0.39 is 11.4 Å². The van der Waals surface area contributed by atoms with Gasteiger partial charge in [-0.3, -0.25) is 18.9 Å². The third-order valence-corrected chi connectivity index (χ3v) is 7.07. The summed E-state index contributed by atoms with van der Waals surface area (Å²) in [5, 5.41) is 3.50. The number of hydrogen-bond donors (Lipinski definition) is 4. The predicted molar refractivity (Wildman–Crippen MR) is 160 cm³/mol. The number of pyridine rings is 1. The zero-order valence-electron chi connectivity index (χ0n) is 22.4. The molecule has 0 spiro atoms. The van der Waals surface area contributed by atoms with Crippen molar-refractivity contribution >= 4 is 28.9 Å². The molecule has 0 atom stereocenters. The average Bonchev–Trinajstić information content (AvgIpc) is 3.43. The molecule has 1 aliphatic carbocycles. The number of amides is 1. The largest absolute Gasteiger partial charge is 0.383 e. The molecule has 0 bridgehead atoms. The lowest BCUT2D eigenvalue weighted by molar-refractivity contribution is -0.117. The lowest BCUT2D eigenvalue weighted by Crippen LogP contribution is -2.23. The molecule has 3 aromatic heterocycles. The summed E-state index contributed by atoms with van der Waals surface area (Å²) in [6.45, 7) is 0. The second-order valence-electron chi connectivity index (χ2n) is 10.0. The summed E-state index contributed by atoms with van der Waals surface area (Å²) in [5.74, 6) is -0.182. The molecular weight excluding hydrogens is 534 g/mol. The first kappa shape index (κ1) is 26.4. The molecule has 1 amide bonds. The van der Waals surface area contributed by atoms with Gasteiger partial charge in [0.15, 0.2) is 0 Å². The van der Waals surface area contributed by atoms with Crippen molar-refractivity contribution in [1.29, 1.82) is 0 Å². The fraction of sp³-hybridized carbons (Fsp3) is 0.133. The number of nitrogens with one attached hydrogen (secondary N) is 1. The Morgan fingerprint density at radius 3 is 2.00 bits per heavy atom. The standard InChI is InChI=1S/C30H27N9O3/c31-26-8-10-38(29(41)36-26)20-13-18(14-21(15-20)39-11-9-27(32)37-30(39)42)24-16-25(22-2-1-3-23(22)35-24)34-19-6-4-17(5-7-19)12-28(33)40/h4-11,13-16H,1-3,12H2,(H2,33,40)(H,34,35)(H2,31,36,41)(H2,32,37,42). The molecule has 210 valence electrons. The maximum absolute atomic E-state index is 12.8. The monoisotopic (exact) mass is 561 g/mol. The Bertz CT molecular complexity index is 1890. The SMILES string of the molecule is NC(=O)Cc1ccc(Nc2cc(-c3cc(-n4ccc(N)nc4=O)cc(-n4ccc(N)nc4=O)c3)nc3c2CCC3)cc1. The van der Waals surface area contributed by atoms with Gasteiger partial charge in [0.1, 0.15) is 11.6 Å². The van der Waals surface area contributed by atoms with Gasteiger partial charge in [0, 0.05) is 35.0 Å².